The Hall–Kier alpha value is -1.35. The van der Waals surface area contributed by atoms with E-state index in [2.05, 4.69) is 42.4 Å². The van der Waals surface area contributed by atoms with E-state index in [1.807, 2.05) is 18.2 Å². The summed E-state index contributed by atoms with van der Waals surface area (Å²) >= 11 is 0. The number of hydrogen-bond donors (Lipinski definition) is 2. The fourth-order valence-corrected chi connectivity index (χ4v) is 1.50. The minimum Gasteiger partial charge on any atom is -0.306 e. The first kappa shape index (κ1) is 10.2. The van der Waals surface area contributed by atoms with E-state index in [0.29, 0.717) is 0 Å². The zero-order valence-corrected chi connectivity index (χ0v) is 9.46. The molecule has 0 radical (unpaired) electrons. The summed E-state index contributed by atoms with van der Waals surface area (Å²) in [6.07, 6.45) is 0. The number of para-hydroxylation sites is 1. The second-order valence-electron chi connectivity index (χ2n) is 4.82. The summed E-state index contributed by atoms with van der Waals surface area (Å²) < 4.78 is 0. The van der Waals surface area contributed by atoms with Crippen LogP contribution in [0, 0.1) is 0 Å². The van der Waals surface area contributed by atoms with Crippen LogP contribution in [0.15, 0.2) is 24.3 Å². The van der Waals surface area contributed by atoms with Crippen molar-refractivity contribution in [2.24, 2.45) is 0 Å². The summed E-state index contributed by atoms with van der Waals surface area (Å²) in [6.45, 7) is 7.30. The van der Waals surface area contributed by atoms with Crippen LogP contribution in [0.1, 0.15) is 26.5 Å². The van der Waals surface area contributed by atoms with Gasteiger partial charge in [0.05, 0.1) is 11.2 Å². The molecule has 0 fully saturated rings. The van der Waals surface area contributed by atoms with Crippen molar-refractivity contribution in [1.82, 2.24) is 15.5 Å². The van der Waals surface area contributed by atoms with Crippen molar-refractivity contribution in [3.63, 3.8) is 0 Å². The lowest BCUT2D eigenvalue weighted by Crippen LogP contribution is -2.35. The van der Waals surface area contributed by atoms with Crippen LogP contribution in [0.5, 0.6) is 0 Å². The highest BCUT2D eigenvalue weighted by Crippen LogP contribution is 2.15. The van der Waals surface area contributed by atoms with Gasteiger partial charge in [0.25, 0.3) is 0 Å². The van der Waals surface area contributed by atoms with Gasteiger partial charge in [0.2, 0.25) is 0 Å². The van der Waals surface area contributed by atoms with E-state index in [0.717, 1.165) is 17.8 Å². The highest BCUT2D eigenvalue weighted by molar-refractivity contribution is 5.81. The third-order valence-electron chi connectivity index (χ3n) is 2.34. The maximum Gasteiger partial charge on any atom is 0.0924 e. The van der Waals surface area contributed by atoms with Gasteiger partial charge in [-0.2, -0.15) is 5.10 Å². The molecular weight excluding hydrogens is 186 g/mol. The van der Waals surface area contributed by atoms with Crippen molar-refractivity contribution in [3.05, 3.63) is 30.0 Å². The molecule has 0 saturated heterocycles. The fraction of sp³-hybridized carbons (Fsp3) is 0.417. The first-order valence-corrected chi connectivity index (χ1v) is 5.23. The van der Waals surface area contributed by atoms with Gasteiger partial charge in [0.15, 0.2) is 0 Å². The van der Waals surface area contributed by atoms with Crippen molar-refractivity contribution in [3.8, 4) is 0 Å². The largest absolute Gasteiger partial charge is 0.306 e. The number of fused-ring (bicyclic) bond motifs is 1. The van der Waals surface area contributed by atoms with Crippen molar-refractivity contribution in [1.29, 1.82) is 0 Å². The molecule has 1 aromatic carbocycles. The van der Waals surface area contributed by atoms with E-state index in [1.165, 1.54) is 5.39 Å². The van der Waals surface area contributed by atoms with E-state index in [-0.39, 0.29) is 5.54 Å². The quantitative estimate of drug-likeness (QED) is 0.787. The molecule has 0 aliphatic rings. The molecule has 0 atom stereocenters. The van der Waals surface area contributed by atoms with Crippen molar-refractivity contribution < 1.29 is 0 Å². The number of nitrogens with one attached hydrogen (secondary N) is 2. The second-order valence-corrected chi connectivity index (χ2v) is 4.82. The fourth-order valence-electron chi connectivity index (χ4n) is 1.50. The molecule has 0 aliphatic heterocycles. The van der Waals surface area contributed by atoms with Crippen LogP contribution >= 0.6 is 0 Å². The molecular formula is C12H17N3. The second kappa shape index (κ2) is 3.66. The normalized spacial score (nSPS) is 12.2. The molecule has 15 heavy (non-hydrogen) atoms. The number of rotatable bonds is 2. The highest BCUT2D eigenvalue weighted by atomic mass is 15.1. The molecule has 0 unspecified atom stereocenters. The Balaban J connectivity index is 2.22. The van der Waals surface area contributed by atoms with Gasteiger partial charge in [0.1, 0.15) is 0 Å². The third kappa shape index (κ3) is 2.36. The van der Waals surface area contributed by atoms with Crippen LogP contribution in [0.2, 0.25) is 0 Å². The summed E-state index contributed by atoms with van der Waals surface area (Å²) in [7, 11) is 0. The molecule has 2 aromatic rings. The van der Waals surface area contributed by atoms with E-state index < -0.39 is 0 Å². The zero-order valence-electron chi connectivity index (χ0n) is 9.46. The number of aromatic nitrogens is 2. The van der Waals surface area contributed by atoms with Crippen molar-refractivity contribution in [2.45, 2.75) is 32.9 Å². The smallest absolute Gasteiger partial charge is 0.0924 e. The molecule has 0 spiro atoms. The molecule has 2 N–H and O–H groups in total. The lowest BCUT2D eigenvalue weighted by molar-refractivity contribution is 0.422. The standard InChI is InChI=1S/C12H17N3/c1-12(2,3)13-8-11-9-6-4-5-7-10(9)14-15-11/h4-7,13H,8H2,1-3H3,(H,14,15). The Morgan fingerprint density at radius 2 is 2.00 bits per heavy atom. The average molecular weight is 203 g/mol. The average Bonchev–Trinajstić information content (AvgIpc) is 2.57. The predicted molar refractivity (Wildman–Crippen MR) is 62.7 cm³/mol. The first-order chi connectivity index (χ1) is 7.06. The Bertz CT molecular complexity index is 451. The Morgan fingerprint density at radius 1 is 1.27 bits per heavy atom. The van der Waals surface area contributed by atoms with Crippen LogP contribution < -0.4 is 5.32 Å². The lowest BCUT2D eigenvalue weighted by Gasteiger charge is -2.19. The zero-order chi connectivity index (χ0) is 10.9. The molecule has 0 amide bonds. The minimum absolute atomic E-state index is 0.131. The molecule has 1 heterocycles. The van der Waals surface area contributed by atoms with Gasteiger partial charge in [-0.3, -0.25) is 5.10 Å². The van der Waals surface area contributed by atoms with Gasteiger partial charge < -0.3 is 5.32 Å². The van der Waals surface area contributed by atoms with Crippen LogP contribution in [-0.4, -0.2) is 15.7 Å². The summed E-state index contributed by atoms with van der Waals surface area (Å²) in [4.78, 5) is 0. The molecule has 80 valence electrons. The molecule has 1 aromatic heterocycles. The number of hydrogen-bond acceptors (Lipinski definition) is 2. The molecule has 0 bridgehead atoms. The summed E-state index contributed by atoms with van der Waals surface area (Å²) in [5.41, 5.74) is 2.32. The Morgan fingerprint density at radius 3 is 2.73 bits per heavy atom. The van der Waals surface area contributed by atoms with E-state index >= 15 is 0 Å². The van der Waals surface area contributed by atoms with Gasteiger partial charge in [-0.05, 0) is 26.8 Å². The van der Waals surface area contributed by atoms with Gasteiger partial charge >= 0.3 is 0 Å². The van der Waals surface area contributed by atoms with Crippen LogP contribution in [0.4, 0.5) is 0 Å². The lowest BCUT2D eigenvalue weighted by atomic mass is 10.1. The molecule has 3 heteroatoms. The summed E-state index contributed by atoms with van der Waals surface area (Å²) in [5, 5.41) is 12.0. The number of aromatic amines is 1. The van der Waals surface area contributed by atoms with Gasteiger partial charge in [0, 0.05) is 17.5 Å². The van der Waals surface area contributed by atoms with Crippen molar-refractivity contribution >= 4 is 10.9 Å². The number of H-pyrrole nitrogens is 1. The predicted octanol–water partition coefficient (Wildman–Crippen LogP) is 2.45. The summed E-state index contributed by atoms with van der Waals surface area (Å²) in [6, 6.07) is 8.16. The van der Waals surface area contributed by atoms with E-state index in [4.69, 9.17) is 0 Å². The van der Waals surface area contributed by atoms with E-state index in [9.17, 15) is 0 Å². The van der Waals surface area contributed by atoms with Gasteiger partial charge in [-0.15, -0.1) is 0 Å². The maximum atomic E-state index is 4.25. The SMILES string of the molecule is CC(C)(C)NCc1[nH]nc2ccccc12. The molecule has 0 saturated carbocycles. The van der Waals surface area contributed by atoms with Crippen molar-refractivity contribution in [2.75, 3.05) is 0 Å². The topological polar surface area (TPSA) is 40.7 Å². The van der Waals surface area contributed by atoms with Crippen LogP contribution in [0.3, 0.4) is 0 Å². The van der Waals surface area contributed by atoms with E-state index in [1.54, 1.807) is 0 Å². The Kier molecular flexibility index (Phi) is 2.49. The van der Waals surface area contributed by atoms with Gasteiger partial charge in [-0.25, -0.2) is 0 Å². The van der Waals surface area contributed by atoms with Gasteiger partial charge in [-0.1, -0.05) is 18.2 Å². The van der Waals surface area contributed by atoms with Crippen LogP contribution in [0.25, 0.3) is 10.9 Å². The Labute approximate surface area is 89.9 Å². The number of nitrogens with zero attached hydrogens (tertiary/aromatic N) is 1. The maximum absolute atomic E-state index is 4.25. The number of benzene rings is 1. The summed E-state index contributed by atoms with van der Waals surface area (Å²) in [5.74, 6) is 0. The monoisotopic (exact) mass is 203 g/mol. The third-order valence-corrected chi connectivity index (χ3v) is 2.34. The first-order valence-electron chi connectivity index (χ1n) is 5.23. The minimum atomic E-state index is 0.131. The molecule has 3 nitrogen and oxygen atoms in total. The highest BCUT2D eigenvalue weighted by Gasteiger charge is 2.10. The molecule has 0 aliphatic carbocycles. The molecule has 2 rings (SSSR count). The van der Waals surface area contributed by atoms with Crippen LogP contribution in [-0.2, 0) is 6.54 Å².